The number of hydrogen-bond donors (Lipinski definition) is 1. The quantitative estimate of drug-likeness (QED) is 0.882. The Kier molecular flexibility index (Phi) is 7.20. The van der Waals surface area contributed by atoms with E-state index in [1.165, 1.54) is 0 Å². The molecule has 0 bridgehead atoms. The number of likely N-dealkylation sites (tertiary alicyclic amines) is 1. The number of ether oxygens (including phenoxy) is 1. The van der Waals surface area contributed by atoms with Gasteiger partial charge in [-0.3, -0.25) is 4.79 Å². The van der Waals surface area contributed by atoms with E-state index < -0.39 is 0 Å². The third-order valence-electron chi connectivity index (χ3n) is 4.89. The first-order valence-electron chi connectivity index (χ1n) is 8.58. The number of carbonyl (C=O) groups is 1. The van der Waals surface area contributed by atoms with E-state index in [0.29, 0.717) is 17.5 Å². The number of fused-ring (bicyclic) bond motifs is 1. The van der Waals surface area contributed by atoms with Gasteiger partial charge in [0.05, 0.1) is 5.92 Å². The Morgan fingerprint density at radius 3 is 2.83 bits per heavy atom. The highest BCUT2D eigenvalue weighted by molar-refractivity contribution is 6.30. The molecule has 1 atom stereocenters. The number of nitrogens with zero attached hydrogens (tertiary/aromatic N) is 1. The summed E-state index contributed by atoms with van der Waals surface area (Å²) in [7, 11) is 0. The summed E-state index contributed by atoms with van der Waals surface area (Å²) in [6, 6.07) is 5.64. The van der Waals surface area contributed by atoms with Gasteiger partial charge < -0.3 is 15.0 Å². The molecule has 24 heavy (non-hydrogen) atoms. The van der Waals surface area contributed by atoms with Gasteiger partial charge in [-0.05, 0) is 62.0 Å². The Morgan fingerprint density at radius 2 is 2.12 bits per heavy atom. The molecule has 3 rings (SSSR count). The normalized spacial score (nSPS) is 20.8. The Morgan fingerprint density at radius 1 is 1.38 bits per heavy atom. The van der Waals surface area contributed by atoms with Crippen LogP contribution in [-0.4, -0.2) is 43.6 Å². The Hall–Kier alpha value is -0.970. The van der Waals surface area contributed by atoms with E-state index >= 15 is 0 Å². The van der Waals surface area contributed by atoms with Gasteiger partial charge >= 0.3 is 0 Å². The Bertz CT molecular complexity index is 560. The molecule has 2 aliphatic rings. The molecule has 1 aromatic carbocycles. The summed E-state index contributed by atoms with van der Waals surface area (Å²) in [4.78, 5) is 14.8. The second kappa shape index (κ2) is 8.93. The minimum atomic E-state index is -0.0775. The molecule has 0 aliphatic carbocycles. The van der Waals surface area contributed by atoms with Gasteiger partial charge in [0.15, 0.2) is 0 Å². The highest BCUT2D eigenvalue weighted by Gasteiger charge is 2.31. The minimum absolute atomic E-state index is 0. The molecule has 0 aromatic heterocycles. The van der Waals surface area contributed by atoms with Crippen LogP contribution in [-0.2, 0) is 11.2 Å². The Labute approximate surface area is 155 Å². The molecule has 1 aromatic rings. The average molecular weight is 373 g/mol. The fraction of sp³-hybridized carbons (Fsp3) is 0.611. The van der Waals surface area contributed by atoms with Crippen molar-refractivity contribution in [1.82, 2.24) is 10.2 Å². The van der Waals surface area contributed by atoms with E-state index in [0.717, 1.165) is 56.8 Å². The summed E-state index contributed by atoms with van der Waals surface area (Å²) in [5.74, 6) is 1.72. The van der Waals surface area contributed by atoms with Crippen LogP contribution in [0.1, 0.15) is 25.3 Å². The Balaban J connectivity index is 0.00000208. The van der Waals surface area contributed by atoms with Crippen molar-refractivity contribution in [3.05, 3.63) is 28.8 Å². The van der Waals surface area contributed by atoms with Crippen molar-refractivity contribution < 1.29 is 9.53 Å². The third kappa shape index (κ3) is 4.56. The molecular formula is C18H26Cl2N2O2. The van der Waals surface area contributed by atoms with E-state index in [1.54, 1.807) is 0 Å². The average Bonchev–Trinajstić information content (AvgIpc) is 2.59. The summed E-state index contributed by atoms with van der Waals surface area (Å²) in [5.41, 5.74) is 1.05. The summed E-state index contributed by atoms with van der Waals surface area (Å²) in [6.07, 6.45) is 2.91. The van der Waals surface area contributed by atoms with Crippen LogP contribution in [0.2, 0.25) is 5.02 Å². The molecule has 1 unspecified atom stereocenters. The minimum Gasteiger partial charge on any atom is -0.492 e. The molecule has 1 N–H and O–H groups in total. The zero-order valence-electron chi connectivity index (χ0n) is 14.1. The zero-order chi connectivity index (χ0) is 16.2. The van der Waals surface area contributed by atoms with E-state index in [-0.39, 0.29) is 24.2 Å². The lowest BCUT2D eigenvalue weighted by atomic mass is 9.92. The SMILES string of the molecule is CCNCC1CCN(C(=O)C2COc3ccc(Cl)cc3C2)CC1.Cl. The van der Waals surface area contributed by atoms with Crippen LogP contribution in [0.5, 0.6) is 5.75 Å². The van der Waals surface area contributed by atoms with Gasteiger partial charge in [-0.2, -0.15) is 0 Å². The van der Waals surface area contributed by atoms with Crippen molar-refractivity contribution >= 4 is 29.9 Å². The molecule has 134 valence electrons. The van der Waals surface area contributed by atoms with E-state index in [2.05, 4.69) is 12.2 Å². The van der Waals surface area contributed by atoms with Crippen molar-refractivity contribution in [2.45, 2.75) is 26.2 Å². The number of rotatable bonds is 4. The first kappa shape index (κ1) is 19.4. The lowest BCUT2D eigenvalue weighted by Crippen LogP contribution is -2.45. The smallest absolute Gasteiger partial charge is 0.229 e. The van der Waals surface area contributed by atoms with Gasteiger partial charge in [0.1, 0.15) is 12.4 Å². The van der Waals surface area contributed by atoms with Crippen molar-refractivity contribution in [2.75, 3.05) is 32.8 Å². The van der Waals surface area contributed by atoms with Gasteiger partial charge in [0, 0.05) is 18.1 Å². The number of nitrogens with one attached hydrogen (secondary N) is 1. The van der Waals surface area contributed by atoms with Gasteiger partial charge in [-0.15, -0.1) is 12.4 Å². The molecular weight excluding hydrogens is 347 g/mol. The number of piperidine rings is 1. The highest BCUT2D eigenvalue weighted by atomic mass is 35.5. The van der Waals surface area contributed by atoms with Crippen molar-refractivity contribution in [2.24, 2.45) is 11.8 Å². The van der Waals surface area contributed by atoms with Gasteiger partial charge in [0.25, 0.3) is 0 Å². The van der Waals surface area contributed by atoms with Gasteiger partial charge in [-0.25, -0.2) is 0 Å². The van der Waals surface area contributed by atoms with Crippen LogP contribution in [0.15, 0.2) is 18.2 Å². The fourth-order valence-electron chi connectivity index (χ4n) is 3.49. The van der Waals surface area contributed by atoms with Crippen LogP contribution in [0.4, 0.5) is 0 Å². The molecule has 6 heteroatoms. The molecule has 1 saturated heterocycles. The van der Waals surface area contributed by atoms with E-state index in [1.807, 2.05) is 23.1 Å². The maximum atomic E-state index is 12.8. The molecule has 0 radical (unpaired) electrons. The van der Waals surface area contributed by atoms with Crippen LogP contribution in [0.3, 0.4) is 0 Å². The van der Waals surface area contributed by atoms with Crippen LogP contribution in [0.25, 0.3) is 0 Å². The van der Waals surface area contributed by atoms with Gasteiger partial charge in [-0.1, -0.05) is 18.5 Å². The number of hydrogen-bond acceptors (Lipinski definition) is 3. The standard InChI is InChI=1S/C18H25ClN2O2.ClH/c1-2-20-11-13-5-7-21(8-6-13)18(22)15-9-14-10-16(19)3-4-17(14)23-12-15;/h3-4,10,13,15,20H,2,5-9,11-12H2,1H3;1H. The lowest BCUT2D eigenvalue weighted by molar-refractivity contribution is -0.138. The first-order chi connectivity index (χ1) is 11.2. The molecule has 2 aliphatic heterocycles. The summed E-state index contributed by atoms with van der Waals surface area (Å²) >= 11 is 6.05. The second-order valence-corrected chi connectivity index (χ2v) is 6.98. The maximum absolute atomic E-state index is 12.8. The molecule has 0 saturated carbocycles. The zero-order valence-corrected chi connectivity index (χ0v) is 15.7. The summed E-state index contributed by atoms with van der Waals surface area (Å²) in [5, 5.41) is 4.10. The van der Waals surface area contributed by atoms with Crippen LogP contribution < -0.4 is 10.1 Å². The van der Waals surface area contributed by atoms with Crippen molar-refractivity contribution in [1.29, 1.82) is 0 Å². The summed E-state index contributed by atoms with van der Waals surface area (Å²) in [6.45, 7) is 6.43. The summed E-state index contributed by atoms with van der Waals surface area (Å²) < 4.78 is 5.76. The van der Waals surface area contributed by atoms with Crippen LogP contribution in [0, 0.1) is 11.8 Å². The van der Waals surface area contributed by atoms with Crippen molar-refractivity contribution in [3.63, 3.8) is 0 Å². The number of benzene rings is 1. The number of carbonyl (C=O) groups excluding carboxylic acids is 1. The first-order valence-corrected chi connectivity index (χ1v) is 8.96. The van der Waals surface area contributed by atoms with E-state index in [9.17, 15) is 4.79 Å². The monoisotopic (exact) mass is 372 g/mol. The maximum Gasteiger partial charge on any atom is 0.229 e. The topological polar surface area (TPSA) is 41.6 Å². The molecule has 2 heterocycles. The van der Waals surface area contributed by atoms with E-state index in [4.69, 9.17) is 16.3 Å². The van der Waals surface area contributed by atoms with Crippen molar-refractivity contribution in [3.8, 4) is 5.75 Å². The largest absolute Gasteiger partial charge is 0.492 e. The third-order valence-corrected chi connectivity index (χ3v) is 5.12. The van der Waals surface area contributed by atoms with Crippen LogP contribution >= 0.6 is 24.0 Å². The fourth-order valence-corrected chi connectivity index (χ4v) is 3.68. The number of halogens is 2. The molecule has 1 amide bonds. The predicted molar refractivity (Wildman–Crippen MR) is 99.2 cm³/mol. The second-order valence-electron chi connectivity index (χ2n) is 6.54. The highest BCUT2D eigenvalue weighted by Crippen LogP contribution is 2.31. The predicted octanol–water partition coefficient (Wildman–Crippen LogP) is 3.16. The molecule has 0 spiro atoms. The van der Waals surface area contributed by atoms with Gasteiger partial charge in [0.2, 0.25) is 5.91 Å². The molecule has 1 fully saturated rings. The number of amides is 1. The lowest BCUT2D eigenvalue weighted by Gasteiger charge is -2.35. The molecule has 4 nitrogen and oxygen atoms in total.